The maximum absolute atomic E-state index is 10.5. The van der Waals surface area contributed by atoms with Crippen LogP contribution in [0.1, 0.15) is 13.3 Å². The number of carbonyl (C=O) groups is 1. The Balaban J connectivity index is 0. The largest absolute Gasteiger partial charge is 0.449 e. The number of rotatable bonds is 4. The van der Waals surface area contributed by atoms with E-state index in [1.165, 1.54) is 0 Å². The van der Waals surface area contributed by atoms with E-state index in [2.05, 4.69) is 15.7 Å². The lowest BCUT2D eigenvalue weighted by Crippen LogP contribution is -2.50. The molecule has 0 saturated carbocycles. The summed E-state index contributed by atoms with van der Waals surface area (Å²) in [5.74, 6) is 4.77. The Hall–Kier alpha value is -0.890. The van der Waals surface area contributed by atoms with Gasteiger partial charge in [0, 0.05) is 0 Å². The molecule has 0 aromatic rings. The van der Waals surface area contributed by atoms with Gasteiger partial charge in [-0.25, -0.2) is 10.2 Å². The van der Waals surface area contributed by atoms with Crippen LogP contribution in [0.25, 0.3) is 0 Å². The van der Waals surface area contributed by atoms with Gasteiger partial charge in [-0.15, -0.1) is 0 Å². The predicted molar refractivity (Wildman–Crippen MR) is 38.8 cm³/mol. The van der Waals surface area contributed by atoms with Gasteiger partial charge in [-0.2, -0.15) is 11.1 Å². The van der Waals surface area contributed by atoms with Gasteiger partial charge in [0.05, 0.1) is 6.61 Å². The highest BCUT2D eigenvalue weighted by molar-refractivity contribution is 5.66. The van der Waals surface area contributed by atoms with E-state index in [0.29, 0.717) is 6.61 Å². The third-order valence-corrected chi connectivity index (χ3v) is 0.674. The van der Waals surface area contributed by atoms with Crippen LogP contribution in [0.4, 0.5) is 4.79 Å². The van der Waals surface area contributed by atoms with Gasteiger partial charge in [0.1, 0.15) is 0 Å². The molecule has 0 spiro atoms. The number of carbonyl (C=O) groups excluding carboxylic acids is 1. The van der Waals surface area contributed by atoms with E-state index >= 15 is 0 Å². The topological polar surface area (TPSA) is 120 Å². The van der Waals surface area contributed by atoms with Crippen LogP contribution in [0, 0.1) is 0 Å². The molecule has 0 radical (unpaired) electrons. The van der Waals surface area contributed by atoms with Gasteiger partial charge in [0.25, 0.3) is 0 Å². The molecule has 0 heterocycles. The van der Waals surface area contributed by atoms with Crippen LogP contribution in [0.2, 0.25) is 0 Å². The van der Waals surface area contributed by atoms with Gasteiger partial charge in [-0.1, -0.05) is 6.92 Å². The van der Waals surface area contributed by atoms with E-state index in [-0.39, 0.29) is 5.48 Å². The minimum absolute atomic E-state index is 0. The van der Waals surface area contributed by atoms with Crippen molar-refractivity contribution in [2.45, 2.75) is 13.3 Å². The second kappa shape index (κ2) is 9.11. The van der Waals surface area contributed by atoms with Crippen molar-refractivity contribution in [3.8, 4) is 0 Å². The minimum atomic E-state index is -0.556. The molecule has 0 unspecified atom stereocenters. The highest BCUT2D eigenvalue weighted by Gasteiger charge is 1.96. The van der Waals surface area contributed by atoms with E-state index in [1.54, 1.807) is 0 Å². The Labute approximate surface area is 64.5 Å². The molecule has 0 aromatic heterocycles. The molecule has 7 nitrogen and oxygen atoms in total. The quantitative estimate of drug-likeness (QED) is 0.289. The molecule has 7 N–H and O–H groups in total. The fourth-order valence-electron chi connectivity index (χ4n) is 0.318. The summed E-state index contributed by atoms with van der Waals surface area (Å²) in [7, 11) is 0. The van der Waals surface area contributed by atoms with Gasteiger partial charge in [-0.05, 0) is 6.42 Å². The molecule has 0 atom stereocenters. The molecule has 7 heteroatoms. The first-order valence-electron chi connectivity index (χ1n) is 2.94. The highest BCUT2D eigenvalue weighted by atomic mass is 16.6. The first-order chi connectivity index (χ1) is 4.81. The van der Waals surface area contributed by atoms with Crippen molar-refractivity contribution in [2.24, 2.45) is 5.84 Å². The van der Waals surface area contributed by atoms with Crippen molar-refractivity contribution >= 4 is 6.09 Å². The molecular weight excluding hydrogens is 152 g/mol. The number of amides is 1. The van der Waals surface area contributed by atoms with Crippen LogP contribution in [-0.2, 0) is 4.74 Å². The standard InChI is InChI=1S/C4H12N4O2.H2O/c1-2-3-10-4(9)6-8-7-5;/h7-8H,2-3,5H2,1H3,(H,6,9);1H2. The number of ether oxygens (including phenoxy) is 1. The zero-order chi connectivity index (χ0) is 7.82. The highest BCUT2D eigenvalue weighted by Crippen LogP contribution is 1.78. The summed E-state index contributed by atoms with van der Waals surface area (Å²) < 4.78 is 4.59. The first kappa shape index (κ1) is 12.8. The Morgan fingerprint density at radius 2 is 2.27 bits per heavy atom. The zero-order valence-electron chi connectivity index (χ0n) is 6.31. The van der Waals surface area contributed by atoms with Crippen molar-refractivity contribution in [2.75, 3.05) is 6.61 Å². The third-order valence-electron chi connectivity index (χ3n) is 0.674. The molecule has 0 aromatic carbocycles. The molecule has 0 aliphatic heterocycles. The van der Waals surface area contributed by atoms with E-state index in [0.717, 1.165) is 6.42 Å². The summed E-state index contributed by atoms with van der Waals surface area (Å²) in [4.78, 5) is 10.5. The van der Waals surface area contributed by atoms with Gasteiger partial charge in [0.15, 0.2) is 0 Å². The Morgan fingerprint density at radius 1 is 1.64 bits per heavy atom. The smallest absolute Gasteiger partial charge is 0.422 e. The van der Waals surface area contributed by atoms with Crippen LogP contribution in [0.15, 0.2) is 0 Å². The molecule has 1 amide bonds. The van der Waals surface area contributed by atoms with E-state index in [9.17, 15) is 4.79 Å². The van der Waals surface area contributed by atoms with E-state index in [4.69, 9.17) is 5.84 Å². The predicted octanol–water partition coefficient (Wildman–Crippen LogP) is -1.82. The second-order valence-corrected chi connectivity index (χ2v) is 1.53. The SMILES string of the molecule is CCCOC(=O)NNNN.O. The average molecular weight is 166 g/mol. The van der Waals surface area contributed by atoms with Crippen LogP contribution in [0.5, 0.6) is 0 Å². The Bertz CT molecular complexity index is 89.3. The van der Waals surface area contributed by atoms with Crippen molar-refractivity contribution in [1.82, 2.24) is 16.5 Å². The maximum Gasteiger partial charge on any atom is 0.422 e. The number of nitrogens with two attached hydrogens (primary N) is 1. The fourth-order valence-corrected chi connectivity index (χ4v) is 0.318. The third kappa shape index (κ3) is 9.11. The number of hydrogen-bond acceptors (Lipinski definition) is 5. The lowest BCUT2D eigenvalue weighted by molar-refractivity contribution is 0.139. The van der Waals surface area contributed by atoms with E-state index in [1.807, 2.05) is 12.5 Å². The molecule has 0 saturated heterocycles. The summed E-state index contributed by atoms with van der Waals surface area (Å²) in [6.45, 7) is 2.31. The summed E-state index contributed by atoms with van der Waals surface area (Å²) in [6, 6.07) is 0. The molecule has 0 bridgehead atoms. The summed E-state index contributed by atoms with van der Waals surface area (Å²) >= 11 is 0. The lowest BCUT2D eigenvalue weighted by Gasteiger charge is -2.04. The average Bonchev–Trinajstić information content (AvgIpc) is 1.97. The normalized spacial score (nSPS) is 8.18. The second-order valence-electron chi connectivity index (χ2n) is 1.53. The lowest BCUT2D eigenvalue weighted by atomic mass is 10.5. The molecule has 11 heavy (non-hydrogen) atoms. The van der Waals surface area contributed by atoms with Gasteiger partial charge in [0.2, 0.25) is 0 Å². The van der Waals surface area contributed by atoms with Crippen molar-refractivity contribution in [1.29, 1.82) is 0 Å². The molecule has 0 aliphatic rings. The Morgan fingerprint density at radius 3 is 2.73 bits per heavy atom. The summed E-state index contributed by atoms with van der Waals surface area (Å²) in [5, 5.41) is 0. The van der Waals surface area contributed by atoms with E-state index < -0.39 is 6.09 Å². The van der Waals surface area contributed by atoms with Crippen LogP contribution >= 0.6 is 0 Å². The first-order valence-corrected chi connectivity index (χ1v) is 2.94. The zero-order valence-corrected chi connectivity index (χ0v) is 6.31. The molecule has 0 fully saturated rings. The molecule has 0 rings (SSSR count). The monoisotopic (exact) mass is 166 g/mol. The minimum Gasteiger partial charge on any atom is -0.449 e. The van der Waals surface area contributed by atoms with Crippen LogP contribution in [0.3, 0.4) is 0 Å². The van der Waals surface area contributed by atoms with Crippen molar-refractivity contribution in [3.63, 3.8) is 0 Å². The molecule has 68 valence electrons. The number of hydrazine groups is 3. The van der Waals surface area contributed by atoms with Gasteiger partial charge in [-0.3, -0.25) is 5.84 Å². The molecular formula is C4H14N4O3. The number of hydrogen-bond donors (Lipinski definition) is 4. The summed E-state index contributed by atoms with van der Waals surface area (Å²) in [6.07, 6.45) is 0.239. The molecule has 0 aliphatic carbocycles. The summed E-state index contributed by atoms with van der Waals surface area (Å²) in [5.41, 5.74) is 6.29. The van der Waals surface area contributed by atoms with Gasteiger partial charge >= 0.3 is 6.09 Å². The maximum atomic E-state index is 10.5. The van der Waals surface area contributed by atoms with Gasteiger partial charge < -0.3 is 10.2 Å². The van der Waals surface area contributed by atoms with Crippen LogP contribution in [-0.4, -0.2) is 18.2 Å². The Kier molecular flexibility index (Phi) is 10.6. The van der Waals surface area contributed by atoms with Crippen molar-refractivity contribution in [3.05, 3.63) is 0 Å². The van der Waals surface area contributed by atoms with Crippen LogP contribution < -0.4 is 22.3 Å². The number of nitrogens with one attached hydrogen (secondary N) is 3. The van der Waals surface area contributed by atoms with Crippen molar-refractivity contribution < 1.29 is 15.0 Å². The fraction of sp³-hybridized carbons (Fsp3) is 0.750.